The highest BCUT2D eigenvalue weighted by atomic mass is 16.6. The summed E-state index contributed by atoms with van der Waals surface area (Å²) in [5, 5.41) is 4.50. The number of aromatic nitrogens is 3. The third-order valence-electron chi connectivity index (χ3n) is 4.59. The molecular formula is C23H35N5O3. The molecule has 2 rings (SSSR count). The van der Waals surface area contributed by atoms with Gasteiger partial charge in [-0.2, -0.15) is 0 Å². The molecule has 170 valence electrons. The van der Waals surface area contributed by atoms with Crippen molar-refractivity contribution in [3.63, 3.8) is 0 Å². The highest BCUT2D eigenvalue weighted by molar-refractivity contribution is 5.92. The van der Waals surface area contributed by atoms with E-state index >= 15 is 0 Å². The molecule has 0 unspecified atom stereocenters. The van der Waals surface area contributed by atoms with Gasteiger partial charge in [0, 0.05) is 13.1 Å². The Balaban J connectivity index is 2.33. The zero-order chi connectivity index (χ0) is 23.3. The summed E-state index contributed by atoms with van der Waals surface area (Å²) >= 11 is 0. The van der Waals surface area contributed by atoms with Gasteiger partial charge < -0.3 is 14.5 Å². The molecule has 0 bridgehead atoms. The monoisotopic (exact) mass is 429 g/mol. The van der Waals surface area contributed by atoms with Gasteiger partial charge in [0.15, 0.2) is 0 Å². The molecule has 8 nitrogen and oxygen atoms in total. The van der Waals surface area contributed by atoms with E-state index in [1.165, 1.54) is 4.90 Å². The summed E-state index contributed by atoms with van der Waals surface area (Å²) in [7, 11) is 3.83. The van der Waals surface area contributed by atoms with Crippen LogP contribution in [0.3, 0.4) is 0 Å². The minimum absolute atomic E-state index is 0.0679. The number of hydrogen-bond acceptors (Lipinski definition) is 6. The van der Waals surface area contributed by atoms with Crippen LogP contribution in [0.5, 0.6) is 0 Å². The lowest BCUT2D eigenvalue weighted by Crippen LogP contribution is -2.42. The number of benzene rings is 1. The van der Waals surface area contributed by atoms with Crippen LogP contribution in [0.15, 0.2) is 24.3 Å². The predicted octanol–water partition coefficient (Wildman–Crippen LogP) is 3.04. The molecule has 1 aromatic heterocycles. The van der Waals surface area contributed by atoms with E-state index in [2.05, 4.69) is 30.0 Å². The van der Waals surface area contributed by atoms with E-state index in [9.17, 15) is 9.59 Å². The first-order valence-corrected chi connectivity index (χ1v) is 10.6. The maximum absolute atomic E-state index is 13.2. The summed E-state index contributed by atoms with van der Waals surface area (Å²) in [5.74, 6) is 0.125. The van der Waals surface area contributed by atoms with Crippen molar-refractivity contribution in [2.24, 2.45) is 0 Å². The topological polar surface area (TPSA) is 80.6 Å². The van der Waals surface area contributed by atoms with Gasteiger partial charge in [-0.3, -0.25) is 9.59 Å². The van der Waals surface area contributed by atoms with Crippen molar-refractivity contribution in [3.05, 3.63) is 41.5 Å². The molecule has 31 heavy (non-hydrogen) atoms. The van der Waals surface area contributed by atoms with Crippen LogP contribution in [-0.2, 0) is 9.53 Å². The average molecular weight is 430 g/mol. The van der Waals surface area contributed by atoms with Gasteiger partial charge in [0.05, 0.1) is 5.69 Å². The van der Waals surface area contributed by atoms with E-state index in [0.717, 1.165) is 11.3 Å². The fourth-order valence-corrected chi connectivity index (χ4v) is 3.12. The van der Waals surface area contributed by atoms with Gasteiger partial charge in [-0.25, -0.2) is 9.67 Å². The van der Waals surface area contributed by atoms with Crippen molar-refractivity contribution in [2.45, 2.75) is 53.1 Å². The number of hydrogen-bond donors (Lipinski definition) is 0. The summed E-state index contributed by atoms with van der Waals surface area (Å²) in [5.41, 5.74) is 1.39. The largest absolute Gasteiger partial charge is 0.459 e. The lowest BCUT2D eigenvalue weighted by atomic mass is 10.0. The molecule has 1 amide bonds. The van der Waals surface area contributed by atoms with Gasteiger partial charge in [0.25, 0.3) is 5.91 Å². The molecule has 0 saturated heterocycles. The van der Waals surface area contributed by atoms with Crippen molar-refractivity contribution in [1.29, 1.82) is 0 Å². The second-order valence-electron chi connectivity index (χ2n) is 9.22. The number of carbonyl (C=O) groups is 2. The van der Waals surface area contributed by atoms with Crippen LogP contribution in [0.4, 0.5) is 0 Å². The quantitative estimate of drug-likeness (QED) is 0.600. The maximum Gasteiger partial charge on any atom is 0.326 e. The molecule has 0 aliphatic carbocycles. The fraction of sp³-hybridized carbons (Fsp3) is 0.565. The van der Waals surface area contributed by atoms with Crippen LogP contribution in [0.1, 0.15) is 62.5 Å². The van der Waals surface area contributed by atoms with Crippen LogP contribution in [0.25, 0.3) is 5.69 Å². The zero-order valence-corrected chi connectivity index (χ0v) is 20.0. The molecule has 1 aromatic carbocycles. The lowest BCUT2D eigenvalue weighted by molar-refractivity contribution is -0.155. The second kappa shape index (κ2) is 10.0. The van der Waals surface area contributed by atoms with E-state index in [1.807, 2.05) is 44.1 Å². The molecule has 1 heterocycles. The molecule has 0 fully saturated rings. The molecule has 0 aliphatic rings. The Labute approximate surface area is 185 Å². The number of para-hydroxylation sites is 1. The second-order valence-corrected chi connectivity index (χ2v) is 9.22. The number of ether oxygens (including phenoxy) is 1. The molecule has 0 saturated carbocycles. The first-order chi connectivity index (χ1) is 14.4. The minimum atomic E-state index is -0.621. The van der Waals surface area contributed by atoms with E-state index in [-0.39, 0.29) is 12.4 Å². The molecule has 0 spiro atoms. The summed E-state index contributed by atoms with van der Waals surface area (Å²) in [6.45, 7) is 12.3. The van der Waals surface area contributed by atoms with Crippen LogP contribution in [0.2, 0.25) is 0 Å². The Morgan fingerprint density at radius 2 is 1.77 bits per heavy atom. The van der Waals surface area contributed by atoms with E-state index in [0.29, 0.717) is 24.8 Å². The van der Waals surface area contributed by atoms with Gasteiger partial charge in [-0.05, 0) is 59.3 Å². The zero-order valence-electron chi connectivity index (χ0n) is 20.0. The van der Waals surface area contributed by atoms with Crippen molar-refractivity contribution >= 4 is 11.9 Å². The van der Waals surface area contributed by atoms with Crippen LogP contribution < -0.4 is 0 Å². The summed E-state index contributed by atoms with van der Waals surface area (Å²) in [6, 6.07) is 7.95. The Morgan fingerprint density at radius 3 is 2.35 bits per heavy atom. The third kappa shape index (κ3) is 6.89. The van der Waals surface area contributed by atoms with Gasteiger partial charge in [0.2, 0.25) is 5.82 Å². The van der Waals surface area contributed by atoms with E-state index in [1.54, 1.807) is 25.5 Å². The molecule has 8 heteroatoms. The smallest absolute Gasteiger partial charge is 0.326 e. The van der Waals surface area contributed by atoms with Gasteiger partial charge in [0.1, 0.15) is 18.0 Å². The molecule has 0 N–H and O–H groups in total. The number of esters is 1. The van der Waals surface area contributed by atoms with Gasteiger partial charge in [-0.1, -0.05) is 32.0 Å². The standard InChI is InChI=1S/C23H35N5O3/c1-16(2)18-11-9-10-12-19(18)28-17(3)24-21(25-28)22(30)27(14-13-26(7)8)15-20(29)31-23(4,5)6/h9-12,16H,13-15H2,1-8H3. The third-order valence-corrected chi connectivity index (χ3v) is 4.59. The highest BCUT2D eigenvalue weighted by Crippen LogP contribution is 2.23. The first-order valence-electron chi connectivity index (χ1n) is 10.6. The van der Waals surface area contributed by atoms with Gasteiger partial charge in [-0.15, -0.1) is 5.10 Å². The Hall–Kier alpha value is -2.74. The average Bonchev–Trinajstić information content (AvgIpc) is 3.04. The summed E-state index contributed by atoms with van der Waals surface area (Å²) < 4.78 is 7.10. The van der Waals surface area contributed by atoms with Crippen molar-refractivity contribution in [3.8, 4) is 5.69 Å². The van der Waals surface area contributed by atoms with Crippen molar-refractivity contribution < 1.29 is 14.3 Å². The normalized spacial score (nSPS) is 11.8. The van der Waals surface area contributed by atoms with Crippen molar-refractivity contribution in [2.75, 3.05) is 33.7 Å². The van der Waals surface area contributed by atoms with E-state index in [4.69, 9.17) is 4.74 Å². The lowest BCUT2D eigenvalue weighted by Gasteiger charge is -2.25. The number of likely N-dealkylation sites (N-methyl/N-ethyl adjacent to an activating group) is 1. The highest BCUT2D eigenvalue weighted by Gasteiger charge is 2.26. The number of aryl methyl sites for hydroxylation is 1. The number of rotatable bonds is 8. The number of carbonyl (C=O) groups excluding carboxylic acids is 2. The van der Waals surface area contributed by atoms with Crippen LogP contribution >= 0.6 is 0 Å². The van der Waals surface area contributed by atoms with Crippen LogP contribution in [0, 0.1) is 6.92 Å². The predicted molar refractivity (Wildman–Crippen MR) is 120 cm³/mol. The minimum Gasteiger partial charge on any atom is -0.459 e. The molecule has 0 aliphatic heterocycles. The molecular weight excluding hydrogens is 394 g/mol. The van der Waals surface area contributed by atoms with E-state index < -0.39 is 17.5 Å². The molecule has 2 aromatic rings. The van der Waals surface area contributed by atoms with Crippen molar-refractivity contribution in [1.82, 2.24) is 24.6 Å². The Bertz CT molecular complexity index is 912. The Kier molecular flexibility index (Phi) is 7.95. The Morgan fingerprint density at radius 1 is 1.13 bits per heavy atom. The first kappa shape index (κ1) is 24.5. The summed E-state index contributed by atoms with van der Waals surface area (Å²) in [6.07, 6.45) is 0. The van der Waals surface area contributed by atoms with Crippen LogP contribution in [-0.4, -0.2) is 75.8 Å². The van der Waals surface area contributed by atoms with Gasteiger partial charge >= 0.3 is 5.97 Å². The fourth-order valence-electron chi connectivity index (χ4n) is 3.12. The number of amides is 1. The maximum atomic E-state index is 13.2. The molecule has 0 atom stereocenters. The SMILES string of the molecule is Cc1nc(C(=O)N(CCN(C)C)CC(=O)OC(C)(C)C)nn1-c1ccccc1C(C)C. The molecule has 0 radical (unpaired) electrons. The summed E-state index contributed by atoms with van der Waals surface area (Å²) in [4.78, 5) is 33.4. The number of nitrogens with zero attached hydrogens (tertiary/aromatic N) is 5.